The number of hydrogen-bond donors (Lipinski definition) is 2. The van der Waals surface area contributed by atoms with E-state index in [1.165, 1.54) is 22.5 Å². The quantitative estimate of drug-likeness (QED) is 0.592. The van der Waals surface area contributed by atoms with Crippen LogP contribution < -0.4 is 10.6 Å². The molecule has 2 N–H and O–H groups in total. The van der Waals surface area contributed by atoms with Crippen LogP contribution in [0.25, 0.3) is 0 Å². The molecule has 0 fully saturated rings. The molecule has 0 bridgehead atoms. The van der Waals surface area contributed by atoms with Gasteiger partial charge in [0.25, 0.3) is 5.91 Å². The number of carbonyl (C=O) groups excluding carboxylic acids is 1. The second-order valence-electron chi connectivity index (χ2n) is 6.82. The lowest BCUT2D eigenvalue weighted by Gasteiger charge is -2.17. The van der Waals surface area contributed by atoms with Gasteiger partial charge in [0, 0.05) is 23.4 Å². The first-order valence-electron chi connectivity index (χ1n) is 9.03. The third-order valence-corrected chi connectivity index (χ3v) is 6.63. The lowest BCUT2D eigenvalue weighted by atomic mass is 9.98. The van der Waals surface area contributed by atoms with Crippen molar-refractivity contribution in [2.45, 2.75) is 26.3 Å². The molecule has 144 valence electrons. The number of aryl methyl sites for hydroxylation is 1. The fraction of sp³-hybridized carbons (Fsp3) is 0.238. The summed E-state index contributed by atoms with van der Waals surface area (Å²) in [6.45, 7) is 3.76. The molecule has 2 aromatic carbocycles. The van der Waals surface area contributed by atoms with Crippen LogP contribution in [0.2, 0.25) is 10.0 Å². The summed E-state index contributed by atoms with van der Waals surface area (Å²) in [5.41, 5.74) is 5.13. The SMILES string of the molecule is Cc1nc(NC(=O)c2ccc3c(c2)CCNC3)sc1Cc1ccc(Cl)c(Cl)c1. The predicted molar refractivity (Wildman–Crippen MR) is 116 cm³/mol. The normalized spacial score (nSPS) is 13.2. The average Bonchev–Trinajstić information content (AvgIpc) is 3.03. The highest BCUT2D eigenvalue weighted by Crippen LogP contribution is 2.29. The van der Waals surface area contributed by atoms with Gasteiger partial charge in [-0.15, -0.1) is 11.3 Å². The van der Waals surface area contributed by atoms with Gasteiger partial charge in [0.05, 0.1) is 15.7 Å². The fourth-order valence-electron chi connectivity index (χ4n) is 3.27. The van der Waals surface area contributed by atoms with Crippen LogP contribution >= 0.6 is 34.5 Å². The number of nitrogens with one attached hydrogen (secondary N) is 2. The second-order valence-corrected chi connectivity index (χ2v) is 8.72. The first-order valence-corrected chi connectivity index (χ1v) is 10.6. The third kappa shape index (κ3) is 4.23. The Bertz CT molecular complexity index is 1050. The highest BCUT2D eigenvalue weighted by atomic mass is 35.5. The molecule has 0 atom stereocenters. The van der Waals surface area contributed by atoms with Gasteiger partial charge in [-0.3, -0.25) is 10.1 Å². The third-order valence-electron chi connectivity index (χ3n) is 4.82. The van der Waals surface area contributed by atoms with Crippen molar-refractivity contribution in [2.24, 2.45) is 0 Å². The van der Waals surface area contributed by atoms with Crippen molar-refractivity contribution in [1.29, 1.82) is 0 Å². The van der Waals surface area contributed by atoms with Crippen molar-refractivity contribution >= 4 is 45.6 Å². The summed E-state index contributed by atoms with van der Waals surface area (Å²) in [4.78, 5) is 18.3. The van der Waals surface area contributed by atoms with E-state index in [0.717, 1.165) is 35.6 Å². The molecule has 0 radical (unpaired) electrons. The predicted octanol–water partition coefficient (Wildman–Crippen LogP) is 5.25. The Kier molecular flexibility index (Phi) is 5.69. The van der Waals surface area contributed by atoms with E-state index in [1.807, 2.05) is 37.3 Å². The highest BCUT2D eigenvalue weighted by molar-refractivity contribution is 7.15. The van der Waals surface area contributed by atoms with Crippen LogP contribution in [0.15, 0.2) is 36.4 Å². The zero-order valence-corrected chi connectivity index (χ0v) is 17.6. The maximum atomic E-state index is 12.7. The molecule has 1 amide bonds. The van der Waals surface area contributed by atoms with Gasteiger partial charge in [0.1, 0.15) is 0 Å². The number of thiazole rings is 1. The van der Waals surface area contributed by atoms with Crippen LogP contribution in [0.5, 0.6) is 0 Å². The largest absolute Gasteiger partial charge is 0.312 e. The van der Waals surface area contributed by atoms with Crippen molar-refractivity contribution < 1.29 is 4.79 Å². The number of fused-ring (bicyclic) bond motifs is 1. The van der Waals surface area contributed by atoms with E-state index >= 15 is 0 Å². The first-order chi connectivity index (χ1) is 13.5. The zero-order valence-electron chi connectivity index (χ0n) is 15.3. The number of halogens is 2. The van der Waals surface area contributed by atoms with Gasteiger partial charge < -0.3 is 5.32 Å². The lowest BCUT2D eigenvalue weighted by Crippen LogP contribution is -2.24. The van der Waals surface area contributed by atoms with Crippen LogP contribution in [0.4, 0.5) is 5.13 Å². The molecule has 0 aliphatic carbocycles. The summed E-state index contributed by atoms with van der Waals surface area (Å²) in [6, 6.07) is 11.5. The second kappa shape index (κ2) is 8.21. The standard InChI is InChI=1S/C21H19Cl2N3OS/c1-12-19(9-13-2-5-17(22)18(23)8-13)28-21(25-12)26-20(27)15-3-4-16-11-24-7-6-14(16)10-15/h2-5,8,10,24H,6-7,9,11H2,1H3,(H,25,26,27). The number of nitrogens with zero attached hydrogens (tertiary/aromatic N) is 1. The van der Waals surface area contributed by atoms with Gasteiger partial charge in [-0.05, 0) is 60.8 Å². The van der Waals surface area contributed by atoms with Gasteiger partial charge in [0.15, 0.2) is 5.13 Å². The van der Waals surface area contributed by atoms with Gasteiger partial charge in [-0.25, -0.2) is 4.98 Å². The molecule has 7 heteroatoms. The van der Waals surface area contributed by atoms with E-state index < -0.39 is 0 Å². The Morgan fingerprint density at radius 2 is 2.04 bits per heavy atom. The molecule has 1 aromatic heterocycles. The minimum atomic E-state index is -0.129. The van der Waals surface area contributed by atoms with Gasteiger partial charge in [0.2, 0.25) is 0 Å². The highest BCUT2D eigenvalue weighted by Gasteiger charge is 2.15. The minimum absolute atomic E-state index is 0.129. The van der Waals surface area contributed by atoms with Crippen molar-refractivity contribution in [2.75, 3.05) is 11.9 Å². The van der Waals surface area contributed by atoms with Crippen molar-refractivity contribution in [1.82, 2.24) is 10.3 Å². The molecule has 3 aromatic rings. The van der Waals surface area contributed by atoms with E-state index in [0.29, 0.717) is 27.2 Å². The summed E-state index contributed by atoms with van der Waals surface area (Å²) in [6.07, 6.45) is 1.64. The summed E-state index contributed by atoms with van der Waals surface area (Å²) in [5.74, 6) is -0.129. The zero-order chi connectivity index (χ0) is 19.7. The maximum Gasteiger partial charge on any atom is 0.257 e. The van der Waals surface area contributed by atoms with E-state index in [9.17, 15) is 4.79 Å². The molecule has 4 rings (SSSR count). The topological polar surface area (TPSA) is 54.0 Å². The Morgan fingerprint density at radius 3 is 2.86 bits per heavy atom. The number of aromatic nitrogens is 1. The Balaban J connectivity index is 1.49. The molecule has 0 saturated carbocycles. The Morgan fingerprint density at radius 1 is 1.18 bits per heavy atom. The number of benzene rings is 2. The molecule has 0 spiro atoms. The molecular formula is C21H19Cl2N3OS. The smallest absolute Gasteiger partial charge is 0.257 e. The number of anilines is 1. The molecule has 1 aliphatic rings. The van der Waals surface area contributed by atoms with Crippen molar-refractivity contribution in [3.05, 3.63) is 79.3 Å². The summed E-state index contributed by atoms with van der Waals surface area (Å²) in [7, 11) is 0. The number of rotatable bonds is 4. The molecule has 28 heavy (non-hydrogen) atoms. The van der Waals surface area contributed by atoms with Gasteiger partial charge in [-0.1, -0.05) is 35.3 Å². The Hall–Kier alpha value is -1.92. The molecule has 2 heterocycles. The first kappa shape index (κ1) is 19.4. The molecule has 0 saturated heterocycles. The monoisotopic (exact) mass is 431 g/mol. The van der Waals surface area contributed by atoms with Crippen LogP contribution in [-0.2, 0) is 19.4 Å². The van der Waals surface area contributed by atoms with Crippen LogP contribution in [0, 0.1) is 6.92 Å². The minimum Gasteiger partial charge on any atom is -0.312 e. The fourth-order valence-corrected chi connectivity index (χ4v) is 4.58. The molecule has 4 nitrogen and oxygen atoms in total. The van der Waals surface area contributed by atoms with Gasteiger partial charge in [-0.2, -0.15) is 0 Å². The van der Waals surface area contributed by atoms with Crippen LogP contribution in [-0.4, -0.2) is 17.4 Å². The van der Waals surface area contributed by atoms with Crippen LogP contribution in [0.3, 0.4) is 0 Å². The van der Waals surface area contributed by atoms with E-state index in [-0.39, 0.29) is 5.91 Å². The van der Waals surface area contributed by atoms with Gasteiger partial charge >= 0.3 is 0 Å². The van der Waals surface area contributed by atoms with E-state index in [1.54, 1.807) is 6.07 Å². The van der Waals surface area contributed by atoms with Crippen molar-refractivity contribution in [3.8, 4) is 0 Å². The molecule has 0 unspecified atom stereocenters. The number of carbonyl (C=O) groups is 1. The summed E-state index contributed by atoms with van der Waals surface area (Å²) >= 11 is 13.6. The Labute approximate surface area is 177 Å². The maximum absolute atomic E-state index is 12.7. The lowest BCUT2D eigenvalue weighted by molar-refractivity contribution is 0.102. The molecular weight excluding hydrogens is 413 g/mol. The number of amides is 1. The summed E-state index contributed by atoms with van der Waals surface area (Å²) < 4.78 is 0. The van der Waals surface area contributed by atoms with Crippen LogP contribution in [0.1, 0.15) is 37.6 Å². The molecule has 1 aliphatic heterocycles. The average molecular weight is 432 g/mol. The number of hydrogen-bond acceptors (Lipinski definition) is 4. The van der Waals surface area contributed by atoms with E-state index in [2.05, 4.69) is 15.6 Å². The summed E-state index contributed by atoms with van der Waals surface area (Å²) in [5, 5.41) is 7.97. The van der Waals surface area contributed by atoms with Crippen molar-refractivity contribution in [3.63, 3.8) is 0 Å². The van der Waals surface area contributed by atoms with E-state index in [4.69, 9.17) is 23.2 Å².